The lowest BCUT2D eigenvalue weighted by Crippen LogP contribution is -2.10. The fourth-order valence-electron chi connectivity index (χ4n) is 2.12. The van der Waals surface area contributed by atoms with Crippen LogP contribution in [0.5, 0.6) is 5.75 Å². The van der Waals surface area contributed by atoms with Gasteiger partial charge in [0.1, 0.15) is 18.0 Å². The minimum atomic E-state index is -0.469. The van der Waals surface area contributed by atoms with Gasteiger partial charge in [-0.15, -0.1) is 0 Å². The van der Waals surface area contributed by atoms with Gasteiger partial charge in [0, 0.05) is 18.0 Å². The van der Waals surface area contributed by atoms with Gasteiger partial charge in [-0.2, -0.15) is 0 Å². The van der Waals surface area contributed by atoms with Crippen LogP contribution in [0.25, 0.3) is 5.65 Å². The van der Waals surface area contributed by atoms with Crippen molar-refractivity contribution in [3.05, 3.63) is 65.6 Å². The molecule has 5 nitrogen and oxygen atoms in total. The summed E-state index contributed by atoms with van der Waals surface area (Å²) in [5, 5.41) is 0. The summed E-state index contributed by atoms with van der Waals surface area (Å²) in [6, 6.07) is 10.8. The molecule has 0 fully saturated rings. The van der Waals surface area contributed by atoms with E-state index in [0.29, 0.717) is 17.9 Å². The van der Waals surface area contributed by atoms with Crippen LogP contribution in [0, 0.1) is 6.92 Å². The topological polar surface area (TPSA) is 69.6 Å². The number of amides is 1. The molecule has 1 aromatic carbocycles. The fraction of sp³-hybridized carbons (Fsp3) is 0.125. The lowest BCUT2D eigenvalue weighted by atomic mass is 10.2. The number of ether oxygens (including phenoxy) is 1. The molecule has 0 unspecified atom stereocenters. The highest BCUT2D eigenvalue weighted by atomic mass is 16.5. The molecule has 0 aliphatic heterocycles. The molecular weight excluding hydrogens is 266 g/mol. The number of benzene rings is 1. The number of hydrogen-bond acceptors (Lipinski definition) is 3. The molecule has 0 aliphatic rings. The number of nitrogens with two attached hydrogens (primary N) is 1. The Morgan fingerprint density at radius 1 is 1.29 bits per heavy atom. The maximum absolute atomic E-state index is 11.1. The molecule has 21 heavy (non-hydrogen) atoms. The first-order chi connectivity index (χ1) is 10.1. The summed E-state index contributed by atoms with van der Waals surface area (Å²) < 4.78 is 7.63. The van der Waals surface area contributed by atoms with Crippen molar-refractivity contribution in [2.24, 2.45) is 5.73 Å². The summed E-state index contributed by atoms with van der Waals surface area (Å²) in [5.41, 5.74) is 8.55. The molecule has 0 saturated carbocycles. The first kappa shape index (κ1) is 13.2. The maximum Gasteiger partial charge on any atom is 0.248 e. The fourth-order valence-corrected chi connectivity index (χ4v) is 2.12. The van der Waals surface area contributed by atoms with E-state index in [1.165, 1.54) is 5.56 Å². The van der Waals surface area contributed by atoms with E-state index in [9.17, 15) is 4.79 Å². The first-order valence-electron chi connectivity index (χ1n) is 6.59. The van der Waals surface area contributed by atoms with E-state index in [-0.39, 0.29) is 0 Å². The summed E-state index contributed by atoms with van der Waals surface area (Å²) in [4.78, 5) is 15.6. The molecule has 3 aromatic rings. The number of carbonyl (C=O) groups is 1. The number of aromatic nitrogens is 2. The third-order valence-corrected chi connectivity index (χ3v) is 3.15. The van der Waals surface area contributed by atoms with Gasteiger partial charge in [0.25, 0.3) is 0 Å². The SMILES string of the molecule is Cc1ccc2nc(COc3cccc(C(N)=O)c3)cn2c1. The van der Waals surface area contributed by atoms with Gasteiger partial charge >= 0.3 is 0 Å². The lowest BCUT2D eigenvalue weighted by Gasteiger charge is -2.04. The molecular formula is C16H15N3O2. The number of imidazole rings is 1. The quantitative estimate of drug-likeness (QED) is 0.798. The minimum Gasteiger partial charge on any atom is -0.487 e. The van der Waals surface area contributed by atoms with Crippen molar-refractivity contribution >= 4 is 11.6 Å². The number of nitrogens with zero attached hydrogens (tertiary/aromatic N) is 2. The van der Waals surface area contributed by atoms with Crippen LogP contribution in [0.3, 0.4) is 0 Å². The molecule has 0 aliphatic carbocycles. The van der Waals surface area contributed by atoms with Gasteiger partial charge in [-0.1, -0.05) is 12.1 Å². The molecule has 2 N–H and O–H groups in total. The lowest BCUT2D eigenvalue weighted by molar-refractivity contribution is 0.1000. The van der Waals surface area contributed by atoms with Crippen LogP contribution in [-0.2, 0) is 6.61 Å². The Morgan fingerprint density at radius 2 is 2.14 bits per heavy atom. The third kappa shape index (κ3) is 2.86. The van der Waals surface area contributed by atoms with Crippen LogP contribution in [0.15, 0.2) is 48.8 Å². The van der Waals surface area contributed by atoms with Gasteiger partial charge in [0.15, 0.2) is 0 Å². The molecule has 0 saturated heterocycles. The summed E-state index contributed by atoms with van der Waals surface area (Å²) >= 11 is 0. The summed E-state index contributed by atoms with van der Waals surface area (Å²) in [6.45, 7) is 2.37. The van der Waals surface area contributed by atoms with Crippen LogP contribution in [0.2, 0.25) is 0 Å². The molecule has 2 aromatic heterocycles. The van der Waals surface area contributed by atoms with Crippen molar-refractivity contribution < 1.29 is 9.53 Å². The Balaban J connectivity index is 1.77. The van der Waals surface area contributed by atoms with Gasteiger partial charge in [-0.3, -0.25) is 4.79 Å². The predicted octanol–water partition coefficient (Wildman–Crippen LogP) is 2.32. The van der Waals surface area contributed by atoms with Gasteiger partial charge in [-0.05, 0) is 36.8 Å². The monoisotopic (exact) mass is 281 g/mol. The van der Waals surface area contributed by atoms with E-state index < -0.39 is 5.91 Å². The average molecular weight is 281 g/mol. The van der Waals surface area contributed by atoms with Gasteiger partial charge in [0.2, 0.25) is 5.91 Å². The third-order valence-electron chi connectivity index (χ3n) is 3.15. The number of pyridine rings is 1. The van der Waals surface area contributed by atoms with E-state index in [1.54, 1.807) is 24.3 Å². The Kier molecular flexibility index (Phi) is 3.31. The van der Waals surface area contributed by atoms with Crippen LogP contribution in [0.1, 0.15) is 21.6 Å². The smallest absolute Gasteiger partial charge is 0.248 e. The molecule has 0 radical (unpaired) electrons. The van der Waals surface area contributed by atoms with Crippen molar-refractivity contribution in [2.75, 3.05) is 0 Å². The second-order valence-corrected chi connectivity index (χ2v) is 4.88. The zero-order valence-electron chi connectivity index (χ0n) is 11.6. The largest absolute Gasteiger partial charge is 0.487 e. The molecule has 3 rings (SSSR count). The van der Waals surface area contributed by atoms with Gasteiger partial charge in [-0.25, -0.2) is 4.98 Å². The van der Waals surface area contributed by atoms with Crippen LogP contribution >= 0.6 is 0 Å². The van der Waals surface area contributed by atoms with Crippen LogP contribution in [-0.4, -0.2) is 15.3 Å². The highest BCUT2D eigenvalue weighted by Gasteiger charge is 2.05. The van der Waals surface area contributed by atoms with Crippen LogP contribution in [0.4, 0.5) is 0 Å². The normalized spacial score (nSPS) is 10.7. The van der Waals surface area contributed by atoms with Gasteiger partial charge < -0.3 is 14.9 Å². The maximum atomic E-state index is 11.1. The van der Waals surface area contributed by atoms with E-state index in [4.69, 9.17) is 10.5 Å². The Bertz CT molecular complexity index is 808. The van der Waals surface area contributed by atoms with Crippen LogP contribution < -0.4 is 10.5 Å². The van der Waals surface area contributed by atoms with Crippen molar-refractivity contribution in [3.8, 4) is 5.75 Å². The number of carbonyl (C=O) groups excluding carboxylic acids is 1. The van der Waals surface area contributed by atoms with Crippen molar-refractivity contribution in [1.29, 1.82) is 0 Å². The zero-order chi connectivity index (χ0) is 14.8. The Morgan fingerprint density at radius 3 is 2.95 bits per heavy atom. The Hall–Kier alpha value is -2.82. The molecule has 0 spiro atoms. The van der Waals surface area contributed by atoms with E-state index in [2.05, 4.69) is 4.98 Å². The number of rotatable bonds is 4. The summed E-state index contributed by atoms with van der Waals surface area (Å²) in [7, 11) is 0. The number of hydrogen-bond donors (Lipinski definition) is 1. The number of aryl methyl sites for hydroxylation is 1. The molecule has 106 valence electrons. The number of primary amides is 1. The second-order valence-electron chi connectivity index (χ2n) is 4.88. The van der Waals surface area contributed by atoms with E-state index in [1.807, 2.05) is 35.9 Å². The molecule has 0 atom stereocenters. The molecule has 5 heteroatoms. The zero-order valence-corrected chi connectivity index (χ0v) is 11.6. The average Bonchev–Trinajstić information content (AvgIpc) is 2.87. The molecule has 2 heterocycles. The van der Waals surface area contributed by atoms with Crippen molar-refractivity contribution in [3.63, 3.8) is 0 Å². The van der Waals surface area contributed by atoms with Crippen molar-refractivity contribution in [1.82, 2.24) is 9.38 Å². The highest BCUT2D eigenvalue weighted by molar-refractivity contribution is 5.93. The number of fused-ring (bicyclic) bond motifs is 1. The van der Waals surface area contributed by atoms with Crippen molar-refractivity contribution in [2.45, 2.75) is 13.5 Å². The first-order valence-corrected chi connectivity index (χ1v) is 6.59. The standard InChI is InChI=1S/C16H15N3O2/c1-11-5-6-15-18-13(9-19(15)8-11)10-21-14-4-2-3-12(7-14)16(17)20/h2-9H,10H2,1H3,(H2,17,20). The predicted molar refractivity (Wildman–Crippen MR) is 79.2 cm³/mol. The summed E-state index contributed by atoms with van der Waals surface area (Å²) in [6.07, 6.45) is 3.94. The highest BCUT2D eigenvalue weighted by Crippen LogP contribution is 2.15. The molecule has 0 bridgehead atoms. The van der Waals surface area contributed by atoms with Gasteiger partial charge in [0.05, 0.1) is 5.69 Å². The van der Waals surface area contributed by atoms with E-state index >= 15 is 0 Å². The second kappa shape index (κ2) is 5.28. The summed E-state index contributed by atoms with van der Waals surface area (Å²) in [5.74, 6) is 0.128. The minimum absolute atomic E-state index is 0.336. The molecule has 1 amide bonds. The van der Waals surface area contributed by atoms with E-state index in [0.717, 1.165) is 11.3 Å². The Labute approximate surface area is 122 Å².